The van der Waals surface area contributed by atoms with Gasteiger partial charge in [0.15, 0.2) is 0 Å². The minimum absolute atomic E-state index is 0.445. The largest absolute Gasteiger partial charge is 0.337 e. The summed E-state index contributed by atoms with van der Waals surface area (Å²) in [4.78, 5) is 4.79. The average Bonchev–Trinajstić information content (AvgIpc) is 2.63. The fourth-order valence-electron chi connectivity index (χ4n) is 3.40. The third-order valence-corrected chi connectivity index (χ3v) is 4.24. The van der Waals surface area contributed by atoms with E-state index < -0.39 is 0 Å². The standard InChI is InChI=1S/C19H24N2/c1-15(14-20(2)3)21-18-10-6-4-8-16(18)12-13-17-9-5-7-11-19(17)21/h4-11,15H,12-14H2,1-3H3. The summed E-state index contributed by atoms with van der Waals surface area (Å²) in [5.74, 6) is 0. The van der Waals surface area contributed by atoms with Crippen LogP contribution in [-0.2, 0) is 12.8 Å². The lowest BCUT2D eigenvalue weighted by Gasteiger charge is -2.34. The average molecular weight is 280 g/mol. The molecule has 2 aromatic rings. The smallest absolute Gasteiger partial charge is 0.0446 e. The van der Waals surface area contributed by atoms with Gasteiger partial charge in [-0.1, -0.05) is 36.4 Å². The van der Waals surface area contributed by atoms with Crippen molar-refractivity contribution in [3.63, 3.8) is 0 Å². The Labute approximate surface area is 128 Å². The van der Waals surface area contributed by atoms with Gasteiger partial charge in [0.25, 0.3) is 0 Å². The van der Waals surface area contributed by atoms with Crippen molar-refractivity contribution in [1.29, 1.82) is 0 Å². The lowest BCUT2D eigenvalue weighted by atomic mass is 10.0. The molecule has 2 nitrogen and oxygen atoms in total. The first-order valence-corrected chi connectivity index (χ1v) is 7.76. The SMILES string of the molecule is CC(CN(C)C)N1c2ccccc2CCc2ccccc21. The van der Waals surface area contributed by atoms with E-state index in [9.17, 15) is 0 Å². The summed E-state index contributed by atoms with van der Waals surface area (Å²) >= 11 is 0. The van der Waals surface area contributed by atoms with Crippen LogP contribution in [0.3, 0.4) is 0 Å². The Morgan fingerprint density at radius 2 is 1.38 bits per heavy atom. The van der Waals surface area contributed by atoms with Crippen molar-refractivity contribution in [2.24, 2.45) is 0 Å². The molecule has 0 spiro atoms. The summed E-state index contributed by atoms with van der Waals surface area (Å²) < 4.78 is 0. The molecule has 0 saturated carbocycles. The van der Waals surface area contributed by atoms with Crippen molar-refractivity contribution in [3.05, 3.63) is 59.7 Å². The van der Waals surface area contributed by atoms with E-state index in [1.165, 1.54) is 22.5 Å². The Morgan fingerprint density at radius 1 is 0.905 bits per heavy atom. The van der Waals surface area contributed by atoms with Gasteiger partial charge in [0.2, 0.25) is 0 Å². The molecule has 0 bridgehead atoms. The third-order valence-electron chi connectivity index (χ3n) is 4.24. The highest BCUT2D eigenvalue weighted by molar-refractivity contribution is 5.71. The number of rotatable bonds is 3. The van der Waals surface area contributed by atoms with Crippen molar-refractivity contribution in [3.8, 4) is 0 Å². The first-order chi connectivity index (χ1) is 10.2. The minimum atomic E-state index is 0.445. The van der Waals surface area contributed by atoms with E-state index in [1.807, 2.05) is 0 Å². The predicted molar refractivity (Wildman–Crippen MR) is 90.4 cm³/mol. The molecule has 110 valence electrons. The molecule has 0 saturated heterocycles. The highest BCUT2D eigenvalue weighted by Gasteiger charge is 2.24. The van der Waals surface area contributed by atoms with Crippen molar-refractivity contribution in [2.75, 3.05) is 25.5 Å². The zero-order valence-corrected chi connectivity index (χ0v) is 13.2. The Balaban J connectivity index is 2.11. The van der Waals surface area contributed by atoms with Crippen molar-refractivity contribution < 1.29 is 0 Å². The van der Waals surface area contributed by atoms with Gasteiger partial charge in [0.1, 0.15) is 0 Å². The normalized spacial score (nSPS) is 15.3. The zero-order valence-electron chi connectivity index (χ0n) is 13.2. The number of para-hydroxylation sites is 2. The van der Waals surface area contributed by atoms with E-state index >= 15 is 0 Å². The van der Waals surface area contributed by atoms with Gasteiger partial charge in [0.05, 0.1) is 0 Å². The summed E-state index contributed by atoms with van der Waals surface area (Å²) in [6, 6.07) is 18.2. The van der Waals surface area contributed by atoms with E-state index in [4.69, 9.17) is 0 Å². The topological polar surface area (TPSA) is 6.48 Å². The highest BCUT2D eigenvalue weighted by Crippen LogP contribution is 2.37. The fourth-order valence-corrected chi connectivity index (χ4v) is 3.40. The van der Waals surface area contributed by atoms with E-state index in [-0.39, 0.29) is 0 Å². The summed E-state index contributed by atoms with van der Waals surface area (Å²) in [5, 5.41) is 0. The van der Waals surface area contributed by atoms with Crippen LogP contribution in [0.5, 0.6) is 0 Å². The molecule has 0 aliphatic carbocycles. The number of fused-ring (bicyclic) bond motifs is 2. The van der Waals surface area contributed by atoms with Crippen LogP contribution in [0.15, 0.2) is 48.5 Å². The Bertz CT molecular complexity index is 571. The number of anilines is 2. The van der Waals surface area contributed by atoms with Crippen LogP contribution >= 0.6 is 0 Å². The number of likely N-dealkylation sites (N-methyl/N-ethyl adjacent to an activating group) is 1. The van der Waals surface area contributed by atoms with Crippen molar-refractivity contribution >= 4 is 11.4 Å². The summed E-state index contributed by atoms with van der Waals surface area (Å²) in [6.07, 6.45) is 2.25. The summed E-state index contributed by atoms with van der Waals surface area (Å²) in [6.45, 7) is 3.36. The zero-order chi connectivity index (χ0) is 14.8. The van der Waals surface area contributed by atoms with Gasteiger partial charge < -0.3 is 9.80 Å². The van der Waals surface area contributed by atoms with E-state index in [2.05, 4.69) is 79.3 Å². The minimum Gasteiger partial charge on any atom is -0.337 e. The molecule has 0 fully saturated rings. The van der Waals surface area contributed by atoms with Crippen molar-refractivity contribution in [1.82, 2.24) is 4.90 Å². The van der Waals surface area contributed by atoms with Gasteiger partial charge in [-0.25, -0.2) is 0 Å². The summed E-state index contributed by atoms with van der Waals surface area (Å²) in [7, 11) is 4.29. The molecule has 0 aromatic heterocycles. The number of hydrogen-bond donors (Lipinski definition) is 0. The van der Waals surface area contributed by atoms with Crippen LogP contribution in [0.25, 0.3) is 0 Å². The number of hydrogen-bond acceptors (Lipinski definition) is 2. The van der Waals surface area contributed by atoms with E-state index in [1.54, 1.807) is 0 Å². The second-order valence-electron chi connectivity index (χ2n) is 6.24. The molecule has 3 rings (SSSR count). The maximum Gasteiger partial charge on any atom is 0.0446 e. The molecule has 1 unspecified atom stereocenters. The van der Waals surface area contributed by atoms with Gasteiger partial charge >= 0.3 is 0 Å². The fraction of sp³-hybridized carbons (Fsp3) is 0.368. The lowest BCUT2D eigenvalue weighted by molar-refractivity contribution is 0.380. The maximum absolute atomic E-state index is 2.53. The van der Waals surface area contributed by atoms with Gasteiger partial charge in [-0.15, -0.1) is 0 Å². The Kier molecular flexibility index (Phi) is 3.98. The molecule has 21 heavy (non-hydrogen) atoms. The molecule has 1 heterocycles. The van der Waals surface area contributed by atoms with Gasteiger partial charge in [0, 0.05) is 24.0 Å². The molecular formula is C19H24N2. The number of benzene rings is 2. The molecule has 1 aliphatic heterocycles. The molecule has 0 radical (unpaired) electrons. The van der Waals surface area contributed by atoms with Crippen LogP contribution in [0.4, 0.5) is 11.4 Å². The van der Waals surface area contributed by atoms with Crippen molar-refractivity contribution in [2.45, 2.75) is 25.8 Å². The third kappa shape index (κ3) is 2.81. The molecule has 2 heteroatoms. The quantitative estimate of drug-likeness (QED) is 0.842. The van der Waals surface area contributed by atoms with Gasteiger partial charge in [-0.05, 0) is 57.1 Å². The maximum atomic E-state index is 2.53. The van der Waals surface area contributed by atoms with Crippen LogP contribution in [0.2, 0.25) is 0 Å². The van der Waals surface area contributed by atoms with Crippen LogP contribution in [0, 0.1) is 0 Å². The van der Waals surface area contributed by atoms with Gasteiger partial charge in [-0.3, -0.25) is 0 Å². The predicted octanol–water partition coefficient (Wildman–Crippen LogP) is 3.87. The molecule has 0 N–H and O–H groups in total. The summed E-state index contributed by atoms with van der Waals surface area (Å²) in [5.41, 5.74) is 5.66. The second kappa shape index (κ2) is 5.90. The van der Waals surface area contributed by atoms with E-state index in [0.29, 0.717) is 6.04 Å². The highest BCUT2D eigenvalue weighted by atomic mass is 15.2. The van der Waals surface area contributed by atoms with Crippen LogP contribution in [-0.4, -0.2) is 31.6 Å². The molecule has 1 atom stereocenters. The second-order valence-corrected chi connectivity index (χ2v) is 6.24. The van der Waals surface area contributed by atoms with E-state index in [0.717, 1.165) is 19.4 Å². The Morgan fingerprint density at radius 3 is 1.86 bits per heavy atom. The monoisotopic (exact) mass is 280 g/mol. The van der Waals surface area contributed by atoms with Gasteiger partial charge in [-0.2, -0.15) is 0 Å². The lowest BCUT2D eigenvalue weighted by Crippen LogP contribution is -2.37. The number of nitrogens with zero attached hydrogens (tertiary/aromatic N) is 2. The molecule has 2 aromatic carbocycles. The van der Waals surface area contributed by atoms with Crippen LogP contribution < -0.4 is 4.90 Å². The van der Waals surface area contributed by atoms with Crippen LogP contribution in [0.1, 0.15) is 18.1 Å². The number of aryl methyl sites for hydroxylation is 2. The molecule has 0 amide bonds. The Hall–Kier alpha value is -1.80. The molecule has 1 aliphatic rings. The first-order valence-electron chi connectivity index (χ1n) is 7.76. The molecular weight excluding hydrogens is 256 g/mol. The first kappa shape index (κ1) is 14.2.